The predicted octanol–water partition coefficient (Wildman–Crippen LogP) is 2.95. The molecule has 1 aromatic rings. The number of rotatable bonds is 4. The lowest BCUT2D eigenvalue weighted by Crippen LogP contribution is -2.25. The molecule has 1 aromatic carbocycles. The number of hydrogen-bond donors (Lipinski definition) is 0. The van der Waals surface area contributed by atoms with Crippen molar-refractivity contribution in [2.24, 2.45) is 0 Å². The molecule has 0 fully saturated rings. The number of Topliss-reactive ketones (excluding diaryl/α,β-unsaturated/α-hetero) is 2. The highest BCUT2D eigenvalue weighted by Gasteiger charge is 2.25. The molecule has 80 valence electrons. The fourth-order valence-electron chi connectivity index (χ4n) is 1.09. The summed E-state index contributed by atoms with van der Waals surface area (Å²) < 4.78 is 14.1. The number of carbonyl (C=O) groups is 2. The molecule has 0 saturated carbocycles. The van der Waals surface area contributed by atoms with Gasteiger partial charge in [0.2, 0.25) is 12.0 Å². The minimum atomic E-state index is -2.03. The van der Waals surface area contributed by atoms with Crippen molar-refractivity contribution < 1.29 is 14.0 Å². The molecule has 15 heavy (non-hydrogen) atoms. The lowest BCUT2D eigenvalue weighted by atomic mass is 10.0. The van der Waals surface area contributed by atoms with E-state index in [2.05, 4.69) is 15.9 Å². The Balaban J connectivity index is 2.85. The lowest BCUT2D eigenvalue weighted by molar-refractivity contribution is -0.121. The van der Waals surface area contributed by atoms with E-state index in [1.165, 1.54) is 19.1 Å². The first-order chi connectivity index (χ1) is 7.06. The van der Waals surface area contributed by atoms with Gasteiger partial charge in [-0.3, -0.25) is 9.59 Å². The van der Waals surface area contributed by atoms with Gasteiger partial charge in [0.15, 0.2) is 5.78 Å². The number of ketones is 2. The van der Waals surface area contributed by atoms with E-state index >= 15 is 0 Å². The summed E-state index contributed by atoms with van der Waals surface area (Å²) in [6, 6.07) is 6.25. The average molecular weight is 273 g/mol. The number of benzene rings is 1. The fraction of sp³-hybridized carbons (Fsp3) is 0.273. The van der Waals surface area contributed by atoms with Gasteiger partial charge in [0.25, 0.3) is 0 Å². The highest BCUT2D eigenvalue weighted by Crippen LogP contribution is 2.13. The molecule has 0 bridgehead atoms. The normalized spacial score (nSPS) is 12.2. The van der Waals surface area contributed by atoms with Crippen molar-refractivity contribution in [3.05, 3.63) is 34.3 Å². The summed E-state index contributed by atoms with van der Waals surface area (Å²) in [5, 5.41) is 0. The maximum absolute atomic E-state index is 13.3. The first kappa shape index (κ1) is 12.0. The zero-order chi connectivity index (χ0) is 11.4. The van der Waals surface area contributed by atoms with Crippen molar-refractivity contribution in [1.82, 2.24) is 0 Å². The molecule has 0 radical (unpaired) electrons. The van der Waals surface area contributed by atoms with Crippen LogP contribution in [0.25, 0.3) is 0 Å². The molecule has 1 rings (SSSR count). The zero-order valence-corrected chi connectivity index (χ0v) is 9.75. The van der Waals surface area contributed by atoms with Gasteiger partial charge in [0.05, 0.1) is 0 Å². The summed E-state index contributed by atoms with van der Waals surface area (Å²) in [4.78, 5) is 22.4. The van der Waals surface area contributed by atoms with Crippen molar-refractivity contribution >= 4 is 27.5 Å². The van der Waals surface area contributed by atoms with E-state index in [-0.39, 0.29) is 12.0 Å². The highest BCUT2D eigenvalue weighted by atomic mass is 79.9. The second-order valence-electron chi connectivity index (χ2n) is 3.05. The average Bonchev–Trinajstić information content (AvgIpc) is 2.27. The Bertz CT molecular complexity index is 373. The molecule has 2 nitrogen and oxygen atoms in total. The van der Waals surface area contributed by atoms with Crippen molar-refractivity contribution in [2.75, 3.05) is 0 Å². The van der Waals surface area contributed by atoms with Gasteiger partial charge in [-0.15, -0.1) is 0 Å². The molecular formula is C11H10BrFO2. The Labute approximate surface area is 95.6 Å². The van der Waals surface area contributed by atoms with Gasteiger partial charge in [-0.1, -0.05) is 35.0 Å². The van der Waals surface area contributed by atoms with Crippen LogP contribution in [0.4, 0.5) is 4.39 Å². The molecule has 0 aliphatic carbocycles. The van der Waals surface area contributed by atoms with Gasteiger partial charge in [0, 0.05) is 16.5 Å². The van der Waals surface area contributed by atoms with E-state index < -0.39 is 17.7 Å². The highest BCUT2D eigenvalue weighted by molar-refractivity contribution is 9.10. The number of alkyl halides is 1. The van der Waals surface area contributed by atoms with Gasteiger partial charge in [-0.25, -0.2) is 4.39 Å². The minimum Gasteiger partial charge on any atom is -0.296 e. The standard InChI is InChI=1S/C11H10BrFO2/c1-2-9(14)10(13)11(15)7-3-5-8(12)6-4-7/h3-6,10H,2H2,1H3. The molecule has 0 amide bonds. The first-order valence-corrected chi connectivity index (χ1v) is 5.32. The van der Waals surface area contributed by atoms with Crippen LogP contribution in [0, 0.1) is 0 Å². The van der Waals surface area contributed by atoms with E-state index in [1.54, 1.807) is 12.1 Å². The third-order valence-corrected chi connectivity index (χ3v) is 2.52. The van der Waals surface area contributed by atoms with E-state index in [1.807, 2.05) is 0 Å². The Morgan fingerprint density at radius 3 is 2.33 bits per heavy atom. The summed E-state index contributed by atoms with van der Waals surface area (Å²) in [5.74, 6) is -1.45. The molecule has 0 saturated heterocycles. The zero-order valence-electron chi connectivity index (χ0n) is 8.17. The Kier molecular flexibility index (Phi) is 4.15. The summed E-state index contributed by atoms with van der Waals surface area (Å²) in [6.45, 7) is 1.53. The molecule has 0 heterocycles. The van der Waals surface area contributed by atoms with Gasteiger partial charge in [0.1, 0.15) is 0 Å². The van der Waals surface area contributed by atoms with Gasteiger partial charge >= 0.3 is 0 Å². The molecule has 4 heteroatoms. The molecule has 0 aromatic heterocycles. The fourth-order valence-corrected chi connectivity index (χ4v) is 1.35. The SMILES string of the molecule is CCC(=O)C(F)C(=O)c1ccc(Br)cc1. The molecule has 1 unspecified atom stereocenters. The number of carbonyl (C=O) groups excluding carboxylic acids is 2. The summed E-state index contributed by atoms with van der Waals surface area (Å²) in [5.41, 5.74) is 0.215. The van der Waals surface area contributed by atoms with Crippen molar-refractivity contribution in [3.63, 3.8) is 0 Å². The molecule has 0 spiro atoms. The first-order valence-electron chi connectivity index (χ1n) is 4.52. The van der Waals surface area contributed by atoms with Gasteiger partial charge in [-0.05, 0) is 12.1 Å². The Morgan fingerprint density at radius 2 is 1.87 bits per heavy atom. The van der Waals surface area contributed by atoms with Crippen LogP contribution in [0.5, 0.6) is 0 Å². The van der Waals surface area contributed by atoms with Gasteiger partial charge < -0.3 is 0 Å². The van der Waals surface area contributed by atoms with Crippen LogP contribution >= 0.6 is 15.9 Å². The van der Waals surface area contributed by atoms with E-state index in [4.69, 9.17) is 0 Å². The number of halogens is 2. The van der Waals surface area contributed by atoms with Crippen LogP contribution in [0.15, 0.2) is 28.7 Å². The monoisotopic (exact) mass is 272 g/mol. The largest absolute Gasteiger partial charge is 0.296 e. The van der Waals surface area contributed by atoms with Crippen molar-refractivity contribution in [1.29, 1.82) is 0 Å². The van der Waals surface area contributed by atoms with Crippen LogP contribution in [0.2, 0.25) is 0 Å². The molecule has 0 aliphatic rings. The lowest BCUT2D eigenvalue weighted by Gasteiger charge is -2.04. The second kappa shape index (κ2) is 5.16. The van der Waals surface area contributed by atoms with E-state index in [0.717, 1.165) is 4.47 Å². The number of hydrogen-bond acceptors (Lipinski definition) is 2. The quantitative estimate of drug-likeness (QED) is 0.624. The van der Waals surface area contributed by atoms with Gasteiger partial charge in [-0.2, -0.15) is 0 Å². The second-order valence-corrected chi connectivity index (χ2v) is 3.97. The summed E-state index contributed by atoms with van der Waals surface area (Å²) in [6.07, 6.45) is -2.00. The Morgan fingerprint density at radius 1 is 1.33 bits per heavy atom. The van der Waals surface area contributed by atoms with Crippen LogP contribution in [0.1, 0.15) is 23.7 Å². The van der Waals surface area contributed by atoms with Crippen LogP contribution in [0.3, 0.4) is 0 Å². The van der Waals surface area contributed by atoms with Crippen molar-refractivity contribution in [2.45, 2.75) is 19.5 Å². The molecule has 1 atom stereocenters. The Hall–Kier alpha value is -1.03. The maximum Gasteiger partial charge on any atom is 0.220 e. The smallest absolute Gasteiger partial charge is 0.220 e. The molecule has 0 N–H and O–H groups in total. The topological polar surface area (TPSA) is 34.1 Å². The van der Waals surface area contributed by atoms with Crippen molar-refractivity contribution in [3.8, 4) is 0 Å². The minimum absolute atomic E-state index is 0.0312. The molecular weight excluding hydrogens is 263 g/mol. The summed E-state index contributed by atoms with van der Waals surface area (Å²) >= 11 is 3.20. The predicted molar refractivity (Wildman–Crippen MR) is 58.7 cm³/mol. The molecule has 0 aliphatic heterocycles. The van der Waals surface area contributed by atoms with E-state index in [0.29, 0.717) is 0 Å². The van der Waals surface area contributed by atoms with Crippen LogP contribution in [-0.4, -0.2) is 17.7 Å². The van der Waals surface area contributed by atoms with Crippen LogP contribution < -0.4 is 0 Å². The third kappa shape index (κ3) is 2.96. The van der Waals surface area contributed by atoms with Crippen LogP contribution in [-0.2, 0) is 4.79 Å². The third-order valence-electron chi connectivity index (χ3n) is 1.99. The maximum atomic E-state index is 13.3. The van der Waals surface area contributed by atoms with E-state index in [9.17, 15) is 14.0 Å². The summed E-state index contributed by atoms with van der Waals surface area (Å²) in [7, 11) is 0.